The molecule has 0 saturated carbocycles. The molecule has 0 amide bonds. The molecular formula is C24H31N7O2. The van der Waals surface area contributed by atoms with Gasteiger partial charge in [-0.05, 0) is 43.7 Å². The van der Waals surface area contributed by atoms with E-state index < -0.39 is 0 Å². The third-order valence-electron chi connectivity index (χ3n) is 6.33. The first-order valence-electron chi connectivity index (χ1n) is 11.6. The van der Waals surface area contributed by atoms with Crippen LogP contribution in [0.4, 0.5) is 11.8 Å². The second-order valence-electron chi connectivity index (χ2n) is 8.50. The lowest BCUT2D eigenvalue weighted by Crippen LogP contribution is -2.53. The molecule has 9 heteroatoms. The Morgan fingerprint density at radius 2 is 2.06 bits per heavy atom. The Kier molecular flexibility index (Phi) is 6.41. The van der Waals surface area contributed by atoms with Crippen molar-refractivity contribution in [3.05, 3.63) is 42.9 Å². The van der Waals surface area contributed by atoms with Crippen LogP contribution in [0.5, 0.6) is 5.88 Å². The van der Waals surface area contributed by atoms with Gasteiger partial charge in [0.1, 0.15) is 11.3 Å². The highest BCUT2D eigenvalue weighted by Gasteiger charge is 2.30. The maximum atomic E-state index is 5.66. The molecule has 0 aliphatic carbocycles. The van der Waals surface area contributed by atoms with Crippen molar-refractivity contribution in [1.82, 2.24) is 24.5 Å². The van der Waals surface area contributed by atoms with Crippen LogP contribution in [0.2, 0.25) is 0 Å². The van der Waals surface area contributed by atoms with E-state index in [1.807, 2.05) is 41.3 Å². The van der Waals surface area contributed by atoms with Crippen molar-refractivity contribution >= 4 is 17.3 Å². The topological polar surface area (TPSA) is 88.8 Å². The first kappa shape index (κ1) is 21.7. The van der Waals surface area contributed by atoms with Crippen LogP contribution in [-0.2, 0) is 4.74 Å². The quantitative estimate of drug-likeness (QED) is 0.541. The molecule has 2 N–H and O–H groups in total. The number of nitrogens with one attached hydrogen (secondary N) is 2. The van der Waals surface area contributed by atoms with E-state index >= 15 is 0 Å². The van der Waals surface area contributed by atoms with Crippen LogP contribution in [0.15, 0.2) is 42.9 Å². The molecule has 3 aromatic rings. The Hall–Kier alpha value is -3.17. The number of anilines is 2. The van der Waals surface area contributed by atoms with Gasteiger partial charge in [-0.15, -0.1) is 5.10 Å². The summed E-state index contributed by atoms with van der Waals surface area (Å²) < 4.78 is 12.8. The fourth-order valence-electron chi connectivity index (χ4n) is 4.35. The second kappa shape index (κ2) is 9.76. The van der Waals surface area contributed by atoms with Crippen LogP contribution in [0.1, 0.15) is 26.2 Å². The number of rotatable bonds is 8. The fourth-order valence-corrected chi connectivity index (χ4v) is 4.35. The summed E-state index contributed by atoms with van der Waals surface area (Å²) >= 11 is 0. The van der Waals surface area contributed by atoms with E-state index in [0.29, 0.717) is 23.9 Å². The molecule has 174 valence electrons. The number of piperidine rings is 1. The van der Waals surface area contributed by atoms with Crippen LogP contribution < -0.4 is 15.4 Å². The molecule has 33 heavy (non-hydrogen) atoms. The fraction of sp³-hybridized carbons (Fsp3) is 0.458. The maximum Gasteiger partial charge on any atom is 0.244 e. The van der Waals surface area contributed by atoms with E-state index in [2.05, 4.69) is 38.5 Å². The minimum atomic E-state index is 0.352. The molecule has 5 rings (SSSR count). The van der Waals surface area contributed by atoms with Gasteiger partial charge in [-0.2, -0.15) is 4.98 Å². The first-order chi connectivity index (χ1) is 16.2. The Balaban J connectivity index is 1.32. The normalized spacial score (nSPS) is 18.0. The number of ether oxygens (including phenoxy) is 2. The van der Waals surface area contributed by atoms with E-state index in [1.54, 1.807) is 7.11 Å². The third-order valence-corrected chi connectivity index (χ3v) is 6.33. The van der Waals surface area contributed by atoms with Crippen LogP contribution >= 0.6 is 0 Å². The lowest BCUT2D eigenvalue weighted by Gasteiger charge is -2.41. The molecule has 3 aromatic heterocycles. The summed E-state index contributed by atoms with van der Waals surface area (Å²) in [6, 6.07) is 6.98. The summed E-state index contributed by atoms with van der Waals surface area (Å²) in [5, 5.41) is 11.4. The Morgan fingerprint density at radius 3 is 2.73 bits per heavy atom. The van der Waals surface area contributed by atoms with Gasteiger partial charge in [0.2, 0.25) is 11.8 Å². The van der Waals surface area contributed by atoms with Gasteiger partial charge in [-0.3, -0.25) is 4.90 Å². The van der Waals surface area contributed by atoms with E-state index in [-0.39, 0.29) is 0 Å². The number of methoxy groups -OCH3 is 1. The molecule has 0 atom stereocenters. The molecule has 0 spiro atoms. The summed E-state index contributed by atoms with van der Waals surface area (Å²) in [7, 11) is 1.65. The predicted octanol–water partition coefficient (Wildman–Crippen LogP) is 3.41. The van der Waals surface area contributed by atoms with Gasteiger partial charge >= 0.3 is 0 Å². The van der Waals surface area contributed by atoms with Gasteiger partial charge in [-0.25, -0.2) is 9.50 Å². The minimum absolute atomic E-state index is 0.352. The van der Waals surface area contributed by atoms with Crippen molar-refractivity contribution in [3.63, 3.8) is 0 Å². The monoisotopic (exact) mass is 449 g/mol. The number of hydrogen-bond donors (Lipinski definition) is 2. The van der Waals surface area contributed by atoms with Crippen LogP contribution in [0, 0.1) is 0 Å². The predicted molar refractivity (Wildman–Crippen MR) is 129 cm³/mol. The van der Waals surface area contributed by atoms with Crippen molar-refractivity contribution in [2.45, 2.75) is 38.3 Å². The summed E-state index contributed by atoms with van der Waals surface area (Å²) in [5.41, 5.74) is 2.80. The van der Waals surface area contributed by atoms with Crippen LogP contribution in [0.3, 0.4) is 0 Å². The minimum Gasteiger partial charge on any atom is -0.479 e. The highest BCUT2D eigenvalue weighted by atomic mass is 16.5. The molecule has 5 heterocycles. The number of pyridine rings is 1. The van der Waals surface area contributed by atoms with Crippen LogP contribution in [0.25, 0.3) is 16.6 Å². The molecule has 0 radical (unpaired) electrons. The van der Waals surface area contributed by atoms with Crippen molar-refractivity contribution in [1.29, 1.82) is 0 Å². The van der Waals surface area contributed by atoms with Gasteiger partial charge < -0.3 is 20.1 Å². The summed E-state index contributed by atoms with van der Waals surface area (Å²) in [6.07, 6.45) is 10.9. The lowest BCUT2D eigenvalue weighted by molar-refractivity contribution is -0.0705. The van der Waals surface area contributed by atoms with E-state index in [4.69, 9.17) is 14.6 Å². The van der Waals surface area contributed by atoms with E-state index in [1.165, 1.54) is 0 Å². The third kappa shape index (κ3) is 4.65. The summed E-state index contributed by atoms with van der Waals surface area (Å²) in [6.45, 7) is 5.99. The van der Waals surface area contributed by atoms with Crippen molar-refractivity contribution in [3.8, 4) is 17.0 Å². The standard InChI is InChI=1S/C24H31N7O2/c1-3-4-10-25-21-6-5-17(14-26-21)20-9-13-31-22(20)23(32-2)28-24(29-31)27-18-7-11-30(12-8-18)19-15-33-16-19/h4-6,9-10,13-14,18-19H,3,7-8,11-12,15-16H2,1-2H3,(H,25,26)(H,27,29)/b10-4-. The SMILES string of the molecule is CC/C=C\Nc1ccc(-c2ccn3nc(NC4CCN(C5COC5)CC4)nc(OC)c23)cn1. The molecule has 9 nitrogen and oxygen atoms in total. The molecule has 2 aliphatic rings. The van der Waals surface area contributed by atoms with E-state index in [9.17, 15) is 0 Å². The number of likely N-dealkylation sites (tertiary alicyclic amines) is 1. The Labute approximate surface area is 193 Å². The molecule has 2 saturated heterocycles. The average Bonchev–Trinajstić information content (AvgIpc) is 3.23. The molecule has 0 aromatic carbocycles. The van der Waals surface area contributed by atoms with Crippen LogP contribution in [-0.4, -0.2) is 70.0 Å². The van der Waals surface area contributed by atoms with E-state index in [0.717, 1.165) is 68.0 Å². The number of aromatic nitrogens is 4. The number of fused-ring (bicyclic) bond motifs is 1. The molecule has 0 unspecified atom stereocenters. The van der Waals surface area contributed by atoms with Gasteiger partial charge in [-0.1, -0.05) is 13.0 Å². The second-order valence-corrected chi connectivity index (χ2v) is 8.50. The number of nitrogens with zero attached hydrogens (tertiary/aromatic N) is 5. The molecule has 2 aliphatic heterocycles. The van der Waals surface area contributed by atoms with Gasteiger partial charge in [0.15, 0.2) is 0 Å². The number of allylic oxidation sites excluding steroid dienone is 1. The molecular weight excluding hydrogens is 418 g/mol. The Morgan fingerprint density at radius 1 is 1.21 bits per heavy atom. The zero-order valence-corrected chi connectivity index (χ0v) is 19.2. The average molecular weight is 450 g/mol. The molecule has 2 fully saturated rings. The smallest absolute Gasteiger partial charge is 0.244 e. The van der Waals surface area contributed by atoms with Gasteiger partial charge in [0, 0.05) is 42.7 Å². The van der Waals surface area contributed by atoms with Gasteiger partial charge in [0.25, 0.3) is 0 Å². The van der Waals surface area contributed by atoms with Gasteiger partial charge in [0.05, 0.1) is 26.4 Å². The number of hydrogen-bond acceptors (Lipinski definition) is 8. The maximum absolute atomic E-state index is 5.66. The highest BCUT2D eigenvalue weighted by molar-refractivity contribution is 5.84. The lowest BCUT2D eigenvalue weighted by atomic mass is 10.0. The zero-order valence-electron chi connectivity index (χ0n) is 19.2. The van der Waals surface area contributed by atoms with Crippen molar-refractivity contribution < 1.29 is 9.47 Å². The highest BCUT2D eigenvalue weighted by Crippen LogP contribution is 2.31. The Bertz CT molecular complexity index is 1100. The summed E-state index contributed by atoms with van der Waals surface area (Å²) in [4.78, 5) is 11.7. The zero-order chi connectivity index (χ0) is 22.6. The largest absolute Gasteiger partial charge is 0.479 e. The van der Waals surface area contributed by atoms with Crippen molar-refractivity contribution in [2.75, 3.05) is 44.0 Å². The van der Waals surface area contributed by atoms with Crippen molar-refractivity contribution in [2.24, 2.45) is 0 Å². The molecule has 0 bridgehead atoms. The first-order valence-corrected chi connectivity index (χ1v) is 11.6. The summed E-state index contributed by atoms with van der Waals surface area (Å²) in [5.74, 6) is 1.94.